The number of aliphatic imine (C=N–C) groups is 1. The number of imidazole rings is 1. The lowest BCUT2D eigenvalue weighted by Gasteiger charge is -2.21. The number of hydrogen-bond acceptors (Lipinski definition) is 4. The standard InChI is InChI=1S/C22H28N6O2S.HI/c1-23-22(25-14-17-10-12-19(13-11-17)31(29,30)27(2)3)28(4)16-21-24-15-20(26-21)18-8-6-5-7-9-18;/h5-13,15H,14,16H2,1-4H3,(H,23,25)(H,24,26);1H. The summed E-state index contributed by atoms with van der Waals surface area (Å²) in [7, 11) is 3.28. The molecule has 0 aliphatic heterocycles. The molecule has 10 heteroatoms. The smallest absolute Gasteiger partial charge is 0.242 e. The number of aromatic amines is 1. The van der Waals surface area contributed by atoms with E-state index >= 15 is 0 Å². The monoisotopic (exact) mass is 568 g/mol. The molecule has 0 radical (unpaired) electrons. The van der Waals surface area contributed by atoms with Gasteiger partial charge in [-0.15, -0.1) is 24.0 Å². The fourth-order valence-corrected chi connectivity index (χ4v) is 3.96. The van der Waals surface area contributed by atoms with E-state index in [9.17, 15) is 8.42 Å². The quantitative estimate of drug-likeness (QED) is 0.260. The number of aromatic nitrogens is 2. The molecule has 2 N–H and O–H groups in total. The first-order chi connectivity index (χ1) is 14.8. The second kappa shape index (κ2) is 11.4. The minimum atomic E-state index is -3.43. The van der Waals surface area contributed by atoms with Gasteiger partial charge in [0.05, 0.1) is 23.3 Å². The third-order valence-corrected chi connectivity index (χ3v) is 6.66. The van der Waals surface area contributed by atoms with E-state index in [0.29, 0.717) is 19.0 Å². The van der Waals surface area contributed by atoms with Crippen molar-refractivity contribution in [3.8, 4) is 11.3 Å². The van der Waals surface area contributed by atoms with E-state index in [2.05, 4.69) is 20.3 Å². The normalized spacial score (nSPS) is 11.8. The lowest BCUT2D eigenvalue weighted by Crippen LogP contribution is -2.38. The number of nitrogens with zero attached hydrogens (tertiary/aromatic N) is 4. The largest absolute Gasteiger partial charge is 0.352 e. The highest BCUT2D eigenvalue weighted by molar-refractivity contribution is 14.0. The van der Waals surface area contributed by atoms with Crippen molar-refractivity contribution >= 4 is 40.0 Å². The molecule has 0 amide bonds. The highest BCUT2D eigenvalue weighted by atomic mass is 127. The van der Waals surface area contributed by atoms with Gasteiger partial charge in [0.25, 0.3) is 0 Å². The van der Waals surface area contributed by atoms with E-state index in [4.69, 9.17) is 0 Å². The summed E-state index contributed by atoms with van der Waals surface area (Å²) in [5.74, 6) is 1.55. The first-order valence-corrected chi connectivity index (χ1v) is 11.3. The number of halogens is 1. The van der Waals surface area contributed by atoms with Crippen LogP contribution in [0.25, 0.3) is 11.3 Å². The van der Waals surface area contributed by atoms with E-state index in [1.165, 1.54) is 18.4 Å². The topological polar surface area (TPSA) is 93.7 Å². The van der Waals surface area contributed by atoms with Gasteiger partial charge < -0.3 is 15.2 Å². The number of H-pyrrole nitrogens is 1. The van der Waals surface area contributed by atoms with Crippen LogP contribution in [0, 0.1) is 0 Å². The van der Waals surface area contributed by atoms with Crippen molar-refractivity contribution in [2.24, 2.45) is 4.99 Å². The number of hydrogen-bond donors (Lipinski definition) is 2. The molecule has 1 aromatic heterocycles. The summed E-state index contributed by atoms with van der Waals surface area (Å²) in [6.45, 7) is 1.08. The Morgan fingerprint density at radius 3 is 2.31 bits per heavy atom. The molecule has 2 aromatic carbocycles. The lowest BCUT2D eigenvalue weighted by molar-refractivity contribution is 0.464. The summed E-state index contributed by atoms with van der Waals surface area (Å²) >= 11 is 0. The maximum absolute atomic E-state index is 12.2. The second-order valence-electron chi connectivity index (χ2n) is 7.30. The molecule has 3 rings (SSSR count). The Morgan fingerprint density at radius 2 is 1.72 bits per heavy atom. The fraction of sp³-hybridized carbons (Fsp3) is 0.273. The van der Waals surface area contributed by atoms with Crippen molar-refractivity contribution in [2.75, 3.05) is 28.2 Å². The van der Waals surface area contributed by atoms with Gasteiger partial charge in [-0.25, -0.2) is 17.7 Å². The van der Waals surface area contributed by atoms with Crippen LogP contribution in [0.5, 0.6) is 0 Å². The first kappa shape index (κ1) is 25.8. The maximum atomic E-state index is 12.2. The molecule has 172 valence electrons. The zero-order chi connectivity index (χ0) is 22.4. The van der Waals surface area contributed by atoms with Gasteiger partial charge in [0, 0.05) is 34.7 Å². The van der Waals surface area contributed by atoms with Crippen LogP contribution in [-0.2, 0) is 23.1 Å². The molecule has 1 heterocycles. The average Bonchev–Trinajstić information content (AvgIpc) is 3.23. The predicted octanol–water partition coefficient (Wildman–Crippen LogP) is 3.15. The van der Waals surface area contributed by atoms with Crippen molar-refractivity contribution in [3.63, 3.8) is 0 Å². The average molecular weight is 568 g/mol. The van der Waals surface area contributed by atoms with Crippen LogP contribution < -0.4 is 5.32 Å². The summed E-state index contributed by atoms with van der Waals surface area (Å²) < 4.78 is 25.6. The van der Waals surface area contributed by atoms with E-state index in [1.807, 2.05) is 48.5 Å². The summed E-state index contributed by atoms with van der Waals surface area (Å²) in [6.07, 6.45) is 1.83. The highest BCUT2D eigenvalue weighted by Crippen LogP contribution is 2.17. The van der Waals surface area contributed by atoms with Crippen molar-refractivity contribution in [3.05, 3.63) is 72.2 Å². The Morgan fingerprint density at radius 1 is 1.06 bits per heavy atom. The lowest BCUT2D eigenvalue weighted by atomic mass is 10.2. The van der Waals surface area contributed by atoms with Crippen molar-refractivity contribution in [2.45, 2.75) is 18.0 Å². The van der Waals surface area contributed by atoms with Crippen LogP contribution in [-0.4, -0.2) is 61.7 Å². The number of guanidine groups is 1. The van der Waals surface area contributed by atoms with Crippen LogP contribution in [0.1, 0.15) is 11.4 Å². The maximum Gasteiger partial charge on any atom is 0.242 e. The summed E-state index contributed by atoms with van der Waals surface area (Å²) in [4.78, 5) is 14.4. The molecule has 0 bridgehead atoms. The van der Waals surface area contributed by atoms with Gasteiger partial charge in [-0.3, -0.25) is 4.99 Å². The van der Waals surface area contributed by atoms with Gasteiger partial charge in [0.2, 0.25) is 10.0 Å². The molecule has 0 unspecified atom stereocenters. The van der Waals surface area contributed by atoms with Crippen molar-refractivity contribution in [1.29, 1.82) is 0 Å². The van der Waals surface area contributed by atoms with E-state index in [0.717, 1.165) is 22.6 Å². The second-order valence-corrected chi connectivity index (χ2v) is 9.45. The Balaban J connectivity index is 0.00000363. The molecule has 8 nitrogen and oxygen atoms in total. The van der Waals surface area contributed by atoms with Crippen LogP contribution in [0.4, 0.5) is 0 Å². The number of sulfonamides is 1. The molecule has 0 atom stereocenters. The van der Waals surface area contributed by atoms with E-state index < -0.39 is 10.0 Å². The molecule has 3 aromatic rings. The molecular weight excluding hydrogens is 539 g/mol. The fourth-order valence-electron chi connectivity index (χ4n) is 3.06. The van der Waals surface area contributed by atoms with Gasteiger partial charge >= 0.3 is 0 Å². The summed E-state index contributed by atoms with van der Waals surface area (Å²) in [5.41, 5.74) is 3.02. The third-order valence-electron chi connectivity index (χ3n) is 4.83. The zero-order valence-corrected chi connectivity index (χ0v) is 21.8. The van der Waals surface area contributed by atoms with Gasteiger partial charge in [0.15, 0.2) is 5.96 Å². The molecule has 0 aliphatic carbocycles. The third kappa shape index (κ3) is 6.30. The molecule has 0 aliphatic rings. The Hall–Kier alpha value is -2.44. The van der Waals surface area contributed by atoms with Crippen molar-refractivity contribution < 1.29 is 8.42 Å². The number of nitrogens with one attached hydrogen (secondary N) is 2. The highest BCUT2D eigenvalue weighted by Gasteiger charge is 2.16. The molecule has 0 fully saturated rings. The van der Waals surface area contributed by atoms with Gasteiger partial charge in [0.1, 0.15) is 5.82 Å². The summed E-state index contributed by atoms with van der Waals surface area (Å²) in [6, 6.07) is 16.9. The zero-order valence-electron chi connectivity index (χ0n) is 18.6. The Bertz CT molecular complexity index is 1130. The van der Waals surface area contributed by atoms with Gasteiger partial charge in [-0.05, 0) is 23.3 Å². The molecule has 0 saturated heterocycles. The molecule has 32 heavy (non-hydrogen) atoms. The number of benzene rings is 2. The molecule has 0 spiro atoms. The SMILES string of the molecule is CN=C(NCc1ccc(S(=O)(=O)N(C)C)cc1)N(C)Cc1ncc(-c2ccccc2)[nH]1.I. The van der Waals surface area contributed by atoms with Gasteiger partial charge in [-0.1, -0.05) is 42.5 Å². The van der Waals surface area contributed by atoms with E-state index in [1.54, 1.807) is 31.3 Å². The summed E-state index contributed by atoms with van der Waals surface area (Å²) in [5, 5.41) is 3.30. The van der Waals surface area contributed by atoms with E-state index in [-0.39, 0.29) is 28.9 Å². The predicted molar refractivity (Wildman–Crippen MR) is 138 cm³/mol. The minimum Gasteiger partial charge on any atom is -0.352 e. The molecular formula is C22H29IN6O2S. The van der Waals surface area contributed by atoms with Crippen LogP contribution in [0.15, 0.2) is 70.7 Å². The van der Waals surface area contributed by atoms with Crippen LogP contribution >= 0.6 is 24.0 Å². The Labute approximate surface area is 206 Å². The minimum absolute atomic E-state index is 0. The number of rotatable bonds is 7. The first-order valence-electron chi connectivity index (χ1n) is 9.84. The van der Waals surface area contributed by atoms with Gasteiger partial charge in [-0.2, -0.15) is 0 Å². The Kier molecular flexibility index (Phi) is 9.22. The van der Waals surface area contributed by atoms with Crippen LogP contribution in [0.2, 0.25) is 0 Å². The molecule has 0 saturated carbocycles. The van der Waals surface area contributed by atoms with Crippen molar-refractivity contribution in [1.82, 2.24) is 24.5 Å². The van der Waals surface area contributed by atoms with Crippen LogP contribution in [0.3, 0.4) is 0 Å².